The van der Waals surface area contributed by atoms with Crippen LogP contribution < -0.4 is 5.32 Å². The number of carbonyl (C=O) groups excluding carboxylic acids is 2. The van der Waals surface area contributed by atoms with Crippen molar-refractivity contribution in [3.63, 3.8) is 0 Å². The highest BCUT2D eigenvalue weighted by molar-refractivity contribution is 6.10. The van der Waals surface area contributed by atoms with E-state index in [9.17, 15) is 9.59 Å². The van der Waals surface area contributed by atoms with Crippen LogP contribution in [0.4, 0.5) is 0 Å². The molecule has 19 heavy (non-hydrogen) atoms. The molecular weight excluding hydrogens is 240 g/mol. The van der Waals surface area contributed by atoms with Gasteiger partial charge in [0, 0.05) is 11.6 Å². The first-order chi connectivity index (χ1) is 9.18. The van der Waals surface area contributed by atoms with Gasteiger partial charge in [0.15, 0.2) is 0 Å². The van der Waals surface area contributed by atoms with Crippen molar-refractivity contribution in [2.24, 2.45) is 0 Å². The van der Waals surface area contributed by atoms with Crippen LogP contribution in [0, 0.1) is 0 Å². The van der Waals surface area contributed by atoms with Crippen molar-refractivity contribution in [2.75, 3.05) is 6.54 Å². The third-order valence-electron chi connectivity index (χ3n) is 4.13. The minimum atomic E-state index is -0.132. The van der Waals surface area contributed by atoms with Crippen LogP contribution in [0.25, 0.3) is 0 Å². The van der Waals surface area contributed by atoms with Crippen molar-refractivity contribution in [3.05, 3.63) is 35.4 Å². The summed E-state index contributed by atoms with van der Waals surface area (Å²) < 4.78 is 0. The summed E-state index contributed by atoms with van der Waals surface area (Å²) >= 11 is 0. The number of nitrogens with one attached hydrogen (secondary N) is 1. The van der Waals surface area contributed by atoms with Gasteiger partial charge < -0.3 is 5.32 Å². The lowest BCUT2D eigenvalue weighted by Gasteiger charge is -2.39. The van der Waals surface area contributed by atoms with Crippen LogP contribution in [0.5, 0.6) is 0 Å². The molecule has 2 amide bonds. The average molecular weight is 258 g/mol. The Hall–Kier alpha value is -1.68. The summed E-state index contributed by atoms with van der Waals surface area (Å²) in [5.41, 5.74) is 1.53. The molecule has 0 radical (unpaired) electrons. The molecule has 2 atom stereocenters. The maximum absolute atomic E-state index is 12.5. The fourth-order valence-corrected chi connectivity index (χ4v) is 3.09. The Bertz CT molecular complexity index is 527. The minimum absolute atomic E-state index is 0.0119. The number of hydrogen-bond donors (Lipinski definition) is 1. The molecule has 2 aliphatic rings. The fourth-order valence-electron chi connectivity index (χ4n) is 3.09. The zero-order chi connectivity index (χ0) is 13.4. The predicted octanol–water partition coefficient (Wildman–Crippen LogP) is 1.35. The van der Waals surface area contributed by atoms with Gasteiger partial charge in [-0.1, -0.05) is 18.2 Å². The second-order valence-corrected chi connectivity index (χ2v) is 5.36. The zero-order valence-corrected chi connectivity index (χ0v) is 11.1. The molecule has 2 heterocycles. The lowest BCUT2D eigenvalue weighted by Crippen LogP contribution is -2.57. The number of carbonyl (C=O) groups is 2. The van der Waals surface area contributed by atoms with Crippen LogP contribution in [-0.4, -0.2) is 35.3 Å². The molecule has 1 aromatic rings. The van der Waals surface area contributed by atoms with Crippen molar-refractivity contribution >= 4 is 11.8 Å². The second-order valence-electron chi connectivity index (χ2n) is 5.36. The van der Waals surface area contributed by atoms with E-state index in [0.717, 1.165) is 24.9 Å². The molecule has 100 valence electrons. The molecule has 1 saturated heterocycles. The summed E-state index contributed by atoms with van der Waals surface area (Å²) in [5, 5.41) is 3.35. The SMILES string of the molecule is CC1NCCCC1N1C(=O)Cc2ccccc2C1=O. The first-order valence-electron chi connectivity index (χ1n) is 6.86. The van der Waals surface area contributed by atoms with Gasteiger partial charge in [0.1, 0.15) is 0 Å². The zero-order valence-electron chi connectivity index (χ0n) is 11.1. The highest BCUT2D eigenvalue weighted by atomic mass is 16.2. The summed E-state index contributed by atoms with van der Waals surface area (Å²) in [6.07, 6.45) is 2.24. The van der Waals surface area contributed by atoms with Crippen LogP contribution in [0.1, 0.15) is 35.7 Å². The van der Waals surface area contributed by atoms with Gasteiger partial charge in [-0.3, -0.25) is 14.5 Å². The molecule has 1 fully saturated rings. The van der Waals surface area contributed by atoms with Crippen molar-refractivity contribution in [2.45, 2.75) is 38.3 Å². The number of amides is 2. The Morgan fingerprint density at radius 3 is 2.84 bits per heavy atom. The lowest BCUT2D eigenvalue weighted by atomic mass is 9.92. The van der Waals surface area contributed by atoms with Gasteiger partial charge in [0.05, 0.1) is 12.5 Å². The van der Waals surface area contributed by atoms with Gasteiger partial charge in [-0.15, -0.1) is 0 Å². The third-order valence-corrected chi connectivity index (χ3v) is 4.13. The normalized spacial score (nSPS) is 27.3. The largest absolute Gasteiger partial charge is 0.312 e. The van der Waals surface area contributed by atoms with Gasteiger partial charge >= 0.3 is 0 Å². The number of rotatable bonds is 1. The van der Waals surface area contributed by atoms with E-state index in [4.69, 9.17) is 0 Å². The van der Waals surface area contributed by atoms with Gasteiger partial charge in [-0.25, -0.2) is 0 Å². The van der Waals surface area contributed by atoms with Gasteiger partial charge in [0.25, 0.3) is 5.91 Å². The van der Waals surface area contributed by atoms with Crippen LogP contribution in [-0.2, 0) is 11.2 Å². The summed E-state index contributed by atoms with van der Waals surface area (Å²) in [4.78, 5) is 26.3. The molecule has 0 aromatic heterocycles. The Morgan fingerprint density at radius 2 is 2.05 bits per heavy atom. The molecule has 3 rings (SSSR count). The number of piperidine rings is 1. The third kappa shape index (κ3) is 2.06. The number of hydrogen-bond acceptors (Lipinski definition) is 3. The monoisotopic (exact) mass is 258 g/mol. The lowest BCUT2D eigenvalue weighted by molar-refractivity contribution is -0.131. The van der Waals surface area contributed by atoms with E-state index in [1.54, 1.807) is 0 Å². The van der Waals surface area contributed by atoms with E-state index in [1.807, 2.05) is 31.2 Å². The standard InChI is InChI=1S/C15H18N2O2/c1-10-13(7-4-8-16-10)17-14(18)9-11-5-2-3-6-12(11)15(17)19/h2-3,5-6,10,13,16H,4,7-9H2,1H3. The topological polar surface area (TPSA) is 49.4 Å². The summed E-state index contributed by atoms with van der Waals surface area (Å²) in [6.45, 7) is 3.01. The van der Waals surface area contributed by atoms with E-state index in [2.05, 4.69) is 5.32 Å². The van der Waals surface area contributed by atoms with Gasteiger partial charge in [-0.2, -0.15) is 0 Å². The van der Waals surface area contributed by atoms with Crippen LogP contribution >= 0.6 is 0 Å². The second kappa shape index (κ2) is 4.78. The van der Waals surface area contributed by atoms with Gasteiger partial charge in [-0.05, 0) is 37.9 Å². The van der Waals surface area contributed by atoms with Gasteiger partial charge in [0.2, 0.25) is 5.91 Å². The number of imide groups is 1. The molecule has 1 N–H and O–H groups in total. The highest BCUT2D eigenvalue weighted by Gasteiger charge is 2.38. The molecule has 0 bridgehead atoms. The summed E-state index contributed by atoms with van der Waals surface area (Å²) in [5.74, 6) is -0.198. The molecular formula is C15H18N2O2. The molecule has 1 aromatic carbocycles. The maximum Gasteiger partial charge on any atom is 0.261 e. The van der Waals surface area contributed by atoms with E-state index in [-0.39, 0.29) is 23.9 Å². The maximum atomic E-state index is 12.5. The summed E-state index contributed by atoms with van der Waals surface area (Å²) in [7, 11) is 0. The number of nitrogens with zero attached hydrogens (tertiary/aromatic N) is 1. The van der Waals surface area contributed by atoms with E-state index in [0.29, 0.717) is 12.0 Å². The molecule has 0 spiro atoms. The first-order valence-corrected chi connectivity index (χ1v) is 6.86. The van der Waals surface area contributed by atoms with Crippen molar-refractivity contribution in [1.29, 1.82) is 0 Å². The van der Waals surface area contributed by atoms with E-state index >= 15 is 0 Å². The number of fused-ring (bicyclic) bond motifs is 1. The van der Waals surface area contributed by atoms with Crippen molar-refractivity contribution in [1.82, 2.24) is 10.2 Å². The smallest absolute Gasteiger partial charge is 0.261 e. The van der Waals surface area contributed by atoms with Crippen LogP contribution in [0.2, 0.25) is 0 Å². The Kier molecular flexibility index (Phi) is 3.11. The Balaban J connectivity index is 1.95. The molecule has 2 unspecified atom stereocenters. The first kappa shape index (κ1) is 12.4. The molecule has 4 nitrogen and oxygen atoms in total. The molecule has 2 aliphatic heterocycles. The fraction of sp³-hybridized carbons (Fsp3) is 0.467. The minimum Gasteiger partial charge on any atom is -0.312 e. The Labute approximate surface area is 112 Å². The van der Waals surface area contributed by atoms with Crippen molar-refractivity contribution < 1.29 is 9.59 Å². The van der Waals surface area contributed by atoms with Crippen LogP contribution in [0.15, 0.2) is 24.3 Å². The summed E-state index contributed by atoms with van der Waals surface area (Å²) in [6, 6.07) is 7.57. The number of benzene rings is 1. The van der Waals surface area contributed by atoms with E-state index < -0.39 is 0 Å². The average Bonchev–Trinajstić information content (AvgIpc) is 2.41. The molecule has 4 heteroatoms. The highest BCUT2D eigenvalue weighted by Crippen LogP contribution is 2.25. The van der Waals surface area contributed by atoms with Crippen molar-refractivity contribution in [3.8, 4) is 0 Å². The molecule has 0 saturated carbocycles. The van der Waals surface area contributed by atoms with Crippen LogP contribution in [0.3, 0.4) is 0 Å². The predicted molar refractivity (Wildman–Crippen MR) is 71.8 cm³/mol. The quantitative estimate of drug-likeness (QED) is 0.774. The van der Waals surface area contributed by atoms with E-state index in [1.165, 1.54) is 4.90 Å². The molecule has 0 aliphatic carbocycles. The Morgan fingerprint density at radius 1 is 1.26 bits per heavy atom.